The van der Waals surface area contributed by atoms with Crippen molar-refractivity contribution in [3.05, 3.63) is 58.2 Å². The molecule has 0 radical (unpaired) electrons. The third kappa shape index (κ3) is 5.67. The van der Waals surface area contributed by atoms with E-state index in [1.54, 1.807) is 13.8 Å². The molecule has 3 aliphatic heterocycles. The molecule has 2 N–H and O–H groups in total. The first-order valence-corrected chi connectivity index (χ1v) is 14.2. The van der Waals surface area contributed by atoms with Gasteiger partial charge in [-0.15, -0.1) is 0 Å². The predicted octanol–water partition coefficient (Wildman–Crippen LogP) is 3.52. The van der Waals surface area contributed by atoms with Gasteiger partial charge in [-0.05, 0) is 56.9 Å². The van der Waals surface area contributed by atoms with Crippen LogP contribution in [0.2, 0.25) is 5.02 Å². The van der Waals surface area contributed by atoms with E-state index >= 15 is 0 Å². The summed E-state index contributed by atoms with van der Waals surface area (Å²) in [6, 6.07) is 10.2. The van der Waals surface area contributed by atoms with E-state index in [1.165, 1.54) is 0 Å². The number of piperidine rings is 1. The van der Waals surface area contributed by atoms with Gasteiger partial charge < -0.3 is 20.2 Å². The summed E-state index contributed by atoms with van der Waals surface area (Å²) in [5.74, 6) is 1.80. The van der Waals surface area contributed by atoms with Crippen molar-refractivity contribution < 1.29 is 9.90 Å². The van der Waals surface area contributed by atoms with Crippen LogP contribution in [-0.4, -0.2) is 89.5 Å². The van der Waals surface area contributed by atoms with Crippen molar-refractivity contribution in [2.24, 2.45) is 4.99 Å². The highest BCUT2D eigenvalue weighted by molar-refractivity contribution is 6.33. The standard InChI is InChI=1S/C29H39ClN6O2/c1-4-23-19-35(27-25(30)17-21(18-33-27)26-31-11-12-32-26)15-16-36(23)24-9-13-34(14-10-24)28(37)20-5-7-22(8-6-20)29(2,3)38/h5-8,17-18,23-24,38H,4,9-16,19H2,1-3H3,(H,31,32)/t23-/m0/s1. The summed E-state index contributed by atoms with van der Waals surface area (Å²) in [6.07, 6.45) is 4.88. The molecule has 3 aliphatic rings. The van der Waals surface area contributed by atoms with Crippen LogP contribution in [0.25, 0.3) is 0 Å². The Morgan fingerprint density at radius 2 is 1.89 bits per heavy atom. The van der Waals surface area contributed by atoms with Crippen LogP contribution >= 0.6 is 11.6 Å². The Balaban J connectivity index is 1.18. The molecule has 2 aromatic rings. The molecule has 9 heteroatoms. The number of nitrogens with zero attached hydrogens (tertiary/aromatic N) is 5. The van der Waals surface area contributed by atoms with Crippen molar-refractivity contribution in [2.45, 2.75) is 57.7 Å². The van der Waals surface area contributed by atoms with Crippen molar-refractivity contribution in [1.82, 2.24) is 20.1 Å². The summed E-state index contributed by atoms with van der Waals surface area (Å²) in [5.41, 5.74) is 1.52. The first-order valence-electron chi connectivity index (χ1n) is 13.8. The fraction of sp³-hybridized carbons (Fsp3) is 0.552. The number of likely N-dealkylation sites (tertiary alicyclic amines) is 1. The van der Waals surface area contributed by atoms with Gasteiger partial charge in [-0.3, -0.25) is 14.7 Å². The van der Waals surface area contributed by atoms with E-state index in [9.17, 15) is 9.90 Å². The van der Waals surface area contributed by atoms with Crippen LogP contribution in [0.3, 0.4) is 0 Å². The number of aliphatic imine (C=N–C) groups is 1. The Hall–Kier alpha value is -2.68. The van der Waals surface area contributed by atoms with Gasteiger partial charge in [0.1, 0.15) is 11.7 Å². The summed E-state index contributed by atoms with van der Waals surface area (Å²) < 4.78 is 0. The van der Waals surface area contributed by atoms with Gasteiger partial charge in [0.25, 0.3) is 5.91 Å². The predicted molar refractivity (Wildman–Crippen MR) is 152 cm³/mol. The minimum absolute atomic E-state index is 0.0746. The van der Waals surface area contributed by atoms with Gasteiger partial charge in [-0.25, -0.2) is 4.98 Å². The van der Waals surface area contributed by atoms with Crippen LogP contribution in [0.4, 0.5) is 5.82 Å². The smallest absolute Gasteiger partial charge is 0.253 e. The molecule has 0 aliphatic carbocycles. The molecule has 1 atom stereocenters. The summed E-state index contributed by atoms with van der Waals surface area (Å²) in [4.78, 5) is 29.3. The molecule has 4 heterocycles. The number of carbonyl (C=O) groups excluding carboxylic acids is 1. The second kappa shape index (κ2) is 11.2. The van der Waals surface area contributed by atoms with Crippen molar-refractivity contribution in [2.75, 3.05) is 50.7 Å². The minimum atomic E-state index is -0.910. The largest absolute Gasteiger partial charge is 0.386 e. The van der Waals surface area contributed by atoms with E-state index in [0.29, 0.717) is 22.7 Å². The second-order valence-electron chi connectivity index (χ2n) is 11.1. The number of halogens is 1. The number of nitrogens with one attached hydrogen (secondary N) is 1. The number of aliphatic hydroxyl groups is 1. The first-order chi connectivity index (χ1) is 18.2. The van der Waals surface area contributed by atoms with E-state index in [0.717, 1.165) is 87.9 Å². The van der Waals surface area contributed by atoms with Gasteiger partial charge in [-0.2, -0.15) is 0 Å². The Morgan fingerprint density at radius 3 is 2.50 bits per heavy atom. The molecule has 38 heavy (non-hydrogen) atoms. The molecular formula is C29H39ClN6O2. The molecule has 2 fully saturated rings. The summed E-state index contributed by atoms with van der Waals surface area (Å²) >= 11 is 6.69. The number of rotatable bonds is 6. The van der Waals surface area contributed by atoms with Gasteiger partial charge in [0.15, 0.2) is 0 Å². The maximum atomic E-state index is 13.1. The molecule has 1 amide bonds. The Bertz CT molecular complexity index is 1170. The third-order valence-electron chi connectivity index (χ3n) is 8.13. The number of amidine groups is 1. The SMILES string of the molecule is CC[C@H]1CN(c2ncc(C3=NCCN3)cc2Cl)CCN1C1CCN(C(=O)c2ccc(C(C)(C)O)cc2)CC1. The zero-order chi connectivity index (χ0) is 26.9. The van der Waals surface area contributed by atoms with Crippen molar-refractivity contribution in [1.29, 1.82) is 0 Å². The van der Waals surface area contributed by atoms with Gasteiger partial charge >= 0.3 is 0 Å². The van der Waals surface area contributed by atoms with Gasteiger partial charge in [0, 0.05) is 68.7 Å². The van der Waals surface area contributed by atoms with E-state index in [2.05, 4.69) is 27.0 Å². The fourth-order valence-corrected chi connectivity index (χ4v) is 6.18. The maximum Gasteiger partial charge on any atom is 0.253 e. The average Bonchev–Trinajstić information content (AvgIpc) is 3.47. The van der Waals surface area contributed by atoms with Crippen molar-refractivity contribution in [3.8, 4) is 0 Å². The summed E-state index contributed by atoms with van der Waals surface area (Å²) in [7, 11) is 0. The number of aromatic nitrogens is 1. The molecule has 8 nitrogen and oxygen atoms in total. The number of piperazine rings is 1. The molecule has 0 saturated carbocycles. The topological polar surface area (TPSA) is 84.3 Å². The van der Waals surface area contributed by atoms with Gasteiger partial charge in [0.2, 0.25) is 0 Å². The first kappa shape index (κ1) is 26.9. The Morgan fingerprint density at radius 1 is 1.16 bits per heavy atom. The Kier molecular flexibility index (Phi) is 7.93. The third-order valence-corrected chi connectivity index (χ3v) is 8.41. The lowest BCUT2D eigenvalue weighted by Gasteiger charge is -2.47. The zero-order valence-corrected chi connectivity index (χ0v) is 23.4. The van der Waals surface area contributed by atoms with Gasteiger partial charge in [0.05, 0.1) is 17.2 Å². The van der Waals surface area contributed by atoms with E-state index < -0.39 is 5.60 Å². The number of carbonyl (C=O) groups is 1. The monoisotopic (exact) mass is 538 g/mol. The number of hydrogen-bond donors (Lipinski definition) is 2. The molecule has 2 saturated heterocycles. The van der Waals surface area contributed by atoms with Crippen LogP contribution in [-0.2, 0) is 5.60 Å². The lowest BCUT2D eigenvalue weighted by Crippen LogP contribution is -2.58. The number of benzene rings is 1. The van der Waals surface area contributed by atoms with Crippen LogP contribution in [0.1, 0.15) is 61.5 Å². The molecule has 0 spiro atoms. The zero-order valence-electron chi connectivity index (χ0n) is 22.7. The van der Waals surface area contributed by atoms with Crippen LogP contribution in [0, 0.1) is 0 Å². The van der Waals surface area contributed by atoms with Crippen molar-refractivity contribution in [3.63, 3.8) is 0 Å². The molecule has 1 aromatic heterocycles. The number of pyridine rings is 1. The van der Waals surface area contributed by atoms with Crippen molar-refractivity contribution >= 4 is 29.2 Å². The molecule has 204 valence electrons. The highest BCUT2D eigenvalue weighted by Crippen LogP contribution is 2.30. The molecule has 0 bridgehead atoms. The lowest BCUT2D eigenvalue weighted by molar-refractivity contribution is 0.0490. The summed E-state index contributed by atoms with van der Waals surface area (Å²) in [6.45, 7) is 11.7. The van der Waals surface area contributed by atoms with Crippen LogP contribution in [0.15, 0.2) is 41.5 Å². The highest BCUT2D eigenvalue weighted by atomic mass is 35.5. The second-order valence-corrected chi connectivity index (χ2v) is 11.5. The average molecular weight is 539 g/mol. The minimum Gasteiger partial charge on any atom is -0.386 e. The maximum absolute atomic E-state index is 13.1. The normalized spacial score (nSPS) is 21.4. The fourth-order valence-electron chi connectivity index (χ4n) is 5.89. The van der Waals surface area contributed by atoms with Crippen LogP contribution < -0.4 is 10.2 Å². The lowest BCUT2D eigenvalue weighted by atomic mass is 9.96. The molecule has 0 unspecified atom stereocenters. The van der Waals surface area contributed by atoms with E-state index in [4.69, 9.17) is 16.6 Å². The quantitative estimate of drug-likeness (QED) is 0.585. The summed E-state index contributed by atoms with van der Waals surface area (Å²) in [5, 5.41) is 14.1. The molecular weight excluding hydrogens is 500 g/mol. The number of anilines is 1. The molecule has 5 rings (SSSR count). The van der Waals surface area contributed by atoms with E-state index in [-0.39, 0.29) is 5.91 Å². The number of amides is 1. The number of hydrogen-bond acceptors (Lipinski definition) is 7. The van der Waals surface area contributed by atoms with Gasteiger partial charge in [-0.1, -0.05) is 30.7 Å². The molecule has 1 aromatic carbocycles. The Labute approximate surface area is 230 Å². The van der Waals surface area contributed by atoms with Crippen LogP contribution in [0.5, 0.6) is 0 Å². The highest BCUT2D eigenvalue weighted by Gasteiger charge is 2.35. The van der Waals surface area contributed by atoms with E-state index in [1.807, 2.05) is 41.4 Å².